The molecule has 2 N–H and O–H groups in total. The van der Waals surface area contributed by atoms with Gasteiger partial charge in [-0.3, -0.25) is 4.79 Å². The lowest BCUT2D eigenvalue weighted by Crippen LogP contribution is -2.47. The minimum atomic E-state index is -0.265. The summed E-state index contributed by atoms with van der Waals surface area (Å²) in [7, 11) is 0. The first-order chi connectivity index (χ1) is 10.5. The van der Waals surface area contributed by atoms with Gasteiger partial charge in [0, 0.05) is 23.8 Å². The third-order valence-electron chi connectivity index (χ3n) is 3.75. The Morgan fingerprint density at radius 1 is 1.27 bits per heavy atom. The van der Waals surface area contributed by atoms with Crippen LogP contribution in [0.15, 0.2) is 35.5 Å². The molecule has 0 bridgehead atoms. The van der Waals surface area contributed by atoms with Crippen molar-refractivity contribution >= 4 is 34.8 Å². The Morgan fingerprint density at radius 2 is 1.86 bits per heavy atom. The predicted octanol–water partition coefficient (Wildman–Crippen LogP) is 3.00. The first kappa shape index (κ1) is 16.8. The van der Waals surface area contributed by atoms with Crippen molar-refractivity contribution in [3.05, 3.63) is 46.1 Å². The molecule has 118 valence electrons. The number of hydrogen-bond acceptors (Lipinski definition) is 2. The summed E-state index contributed by atoms with van der Waals surface area (Å²) in [4.78, 5) is 14.7. The Kier molecular flexibility index (Phi) is 5.42. The highest BCUT2D eigenvalue weighted by Crippen LogP contribution is 2.28. The molecule has 0 aliphatic carbocycles. The normalized spacial score (nSPS) is 17.8. The van der Waals surface area contributed by atoms with Gasteiger partial charge in [0.2, 0.25) is 0 Å². The fraction of sp³-hybridized carbons (Fsp3) is 0.375. The second kappa shape index (κ2) is 7.11. The summed E-state index contributed by atoms with van der Waals surface area (Å²) in [6, 6.07) is 7.20. The maximum Gasteiger partial charge on any atom is 0.253 e. The third kappa shape index (κ3) is 3.42. The highest BCUT2D eigenvalue weighted by atomic mass is 35.5. The summed E-state index contributed by atoms with van der Waals surface area (Å²) in [6.45, 7) is 7.17. The fourth-order valence-corrected chi connectivity index (χ4v) is 2.96. The van der Waals surface area contributed by atoms with Crippen LogP contribution in [-0.4, -0.2) is 29.0 Å². The quantitative estimate of drug-likeness (QED) is 0.829. The molecule has 0 unspecified atom stereocenters. The van der Waals surface area contributed by atoms with Gasteiger partial charge >= 0.3 is 0 Å². The first-order valence-electron chi connectivity index (χ1n) is 7.30. The van der Waals surface area contributed by atoms with Crippen LogP contribution >= 0.6 is 23.8 Å². The van der Waals surface area contributed by atoms with Crippen molar-refractivity contribution in [2.45, 2.75) is 26.8 Å². The van der Waals surface area contributed by atoms with Gasteiger partial charge in [-0.15, -0.1) is 0 Å². The highest BCUT2D eigenvalue weighted by molar-refractivity contribution is 7.80. The number of nitrogens with zero attached hydrogens (tertiary/aromatic N) is 1. The van der Waals surface area contributed by atoms with Gasteiger partial charge in [-0.1, -0.05) is 23.7 Å². The van der Waals surface area contributed by atoms with Gasteiger partial charge in [0.05, 0.1) is 11.6 Å². The van der Waals surface area contributed by atoms with Crippen molar-refractivity contribution in [2.75, 3.05) is 13.1 Å². The molecule has 0 radical (unpaired) electrons. The van der Waals surface area contributed by atoms with Crippen LogP contribution in [0, 0.1) is 0 Å². The summed E-state index contributed by atoms with van der Waals surface area (Å²) in [5.41, 5.74) is 2.45. The number of rotatable bonds is 4. The molecule has 0 saturated heterocycles. The molecule has 0 fully saturated rings. The van der Waals surface area contributed by atoms with Gasteiger partial charge in [0.1, 0.15) is 0 Å². The van der Waals surface area contributed by atoms with E-state index < -0.39 is 0 Å². The minimum absolute atomic E-state index is 0.0185. The van der Waals surface area contributed by atoms with E-state index in [1.807, 2.05) is 45.0 Å². The Bertz CT molecular complexity index is 608. The molecule has 0 aromatic heterocycles. The van der Waals surface area contributed by atoms with Crippen LogP contribution in [0.1, 0.15) is 32.4 Å². The van der Waals surface area contributed by atoms with Crippen molar-refractivity contribution in [3.8, 4) is 0 Å². The number of amides is 1. The highest BCUT2D eigenvalue weighted by Gasteiger charge is 2.31. The lowest BCUT2D eigenvalue weighted by atomic mass is 9.94. The van der Waals surface area contributed by atoms with Crippen LogP contribution in [0.5, 0.6) is 0 Å². The number of hydrogen-bond donors (Lipinski definition) is 2. The Hall–Kier alpha value is -1.59. The topological polar surface area (TPSA) is 44.4 Å². The molecule has 1 aromatic carbocycles. The van der Waals surface area contributed by atoms with Crippen LogP contribution in [0.4, 0.5) is 0 Å². The molecule has 1 heterocycles. The average molecular weight is 338 g/mol. The van der Waals surface area contributed by atoms with Gasteiger partial charge in [-0.2, -0.15) is 0 Å². The van der Waals surface area contributed by atoms with Crippen molar-refractivity contribution in [1.82, 2.24) is 15.5 Å². The van der Waals surface area contributed by atoms with E-state index in [1.54, 1.807) is 4.90 Å². The second-order valence-electron chi connectivity index (χ2n) is 5.10. The Balaban J connectivity index is 2.45. The van der Waals surface area contributed by atoms with Gasteiger partial charge < -0.3 is 15.5 Å². The number of nitrogens with one attached hydrogen (secondary N) is 2. The number of halogens is 1. The van der Waals surface area contributed by atoms with Gasteiger partial charge in [-0.25, -0.2) is 0 Å². The molecule has 2 rings (SSSR count). The Morgan fingerprint density at radius 3 is 2.41 bits per heavy atom. The molecule has 0 saturated carbocycles. The summed E-state index contributed by atoms with van der Waals surface area (Å²) < 4.78 is 0. The van der Waals surface area contributed by atoms with E-state index in [2.05, 4.69) is 10.6 Å². The number of carbonyl (C=O) groups is 1. The zero-order chi connectivity index (χ0) is 16.3. The molecule has 6 heteroatoms. The van der Waals surface area contributed by atoms with Gasteiger partial charge in [0.25, 0.3) is 5.91 Å². The average Bonchev–Trinajstić information content (AvgIpc) is 2.48. The van der Waals surface area contributed by atoms with Gasteiger partial charge in [0.15, 0.2) is 5.11 Å². The molecule has 22 heavy (non-hydrogen) atoms. The molecule has 1 aromatic rings. The number of thiocarbonyl (C=S) groups is 1. The van der Waals surface area contributed by atoms with E-state index in [-0.39, 0.29) is 11.9 Å². The molecule has 1 aliphatic rings. The van der Waals surface area contributed by atoms with E-state index in [4.69, 9.17) is 23.8 Å². The van der Waals surface area contributed by atoms with Crippen molar-refractivity contribution in [2.24, 2.45) is 0 Å². The van der Waals surface area contributed by atoms with Crippen LogP contribution in [0.2, 0.25) is 5.02 Å². The monoisotopic (exact) mass is 337 g/mol. The summed E-state index contributed by atoms with van der Waals surface area (Å²) in [5.74, 6) is 0.0185. The minimum Gasteiger partial charge on any atom is -0.351 e. The maximum absolute atomic E-state index is 12.8. The molecule has 1 amide bonds. The molecule has 4 nitrogen and oxygen atoms in total. The van der Waals surface area contributed by atoms with E-state index in [9.17, 15) is 4.79 Å². The van der Waals surface area contributed by atoms with E-state index in [1.165, 1.54) is 0 Å². The summed E-state index contributed by atoms with van der Waals surface area (Å²) >= 11 is 11.2. The van der Waals surface area contributed by atoms with Crippen LogP contribution in [-0.2, 0) is 4.79 Å². The molecular formula is C16H20ClN3OS. The summed E-state index contributed by atoms with van der Waals surface area (Å²) in [6.07, 6.45) is 0. The van der Waals surface area contributed by atoms with Crippen molar-refractivity contribution in [3.63, 3.8) is 0 Å². The number of likely N-dealkylation sites (N-methyl/N-ethyl adjacent to an activating group) is 1. The largest absolute Gasteiger partial charge is 0.351 e. The van der Waals surface area contributed by atoms with Gasteiger partial charge in [-0.05, 0) is 50.7 Å². The lowest BCUT2D eigenvalue weighted by molar-refractivity contribution is -0.127. The van der Waals surface area contributed by atoms with E-state index in [0.29, 0.717) is 28.8 Å². The lowest BCUT2D eigenvalue weighted by Gasteiger charge is -2.33. The maximum atomic E-state index is 12.8. The smallest absolute Gasteiger partial charge is 0.253 e. The molecule has 1 aliphatic heterocycles. The molecular weight excluding hydrogens is 318 g/mol. The zero-order valence-corrected chi connectivity index (χ0v) is 14.5. The van der Waals surface area contributed by atoms with Crippen molar-refractivity contribution < 1.29 is 4.79 Å². The zero-order valence-electron chi connectivity index (χ0n) is 12.9. The van der Waals surface area contributed by atoms with Crippen LogP contribution in [0.25, 0.3) is 0 Å². The number of allylic oxidation sites excluding steroid dienone is 1. The van der Waals surface area contributed by atoms with Crippen LogP contribution < -0.4 is 10.6 Å². The fourth-order valence-electron chi connectivity index (χ4n) is 2.56. The standard InChI is InChI=1S/C16H20ClN3OS/c1-4-20(5-2)15(21)13-10(3)18-16(22)19-14(13)11-6-8-12(17)9-7-11/h6-9,14H,4-5H2,1-3H3,(H2,18,19,22)/t14-/m0/s1. The SMILES string of the molecule is CCN(CC)C(=O)C1=C(C)NC(=S)N[C@H]1c1ccc(Cl)cc1. The van der Waals surface area contributed by atoms with Crippen molar-refractivity contribution in [1.29, 1.82) is 0 Å². The van der Waals surface area contributed by atoms with E-state index >= 15 is 0 Å². The predicted molar refractivity (Wildman–Crippen MR) is 93.7 cm³/mol. The molecule has 0 spiro atoms. The first-order valence-corrected chi connectivity index (χ1v) is 8.09. The summed E-state index contributed by atoms with van der Waals surface area (Å²) in [5, 5.41) is 7.43. The molecule has 1 atom stereocenters. The third-order valence-corrected chi connectivity index (χ3v) is 4.23. The Labute approximate surface area is 141 Å². The van der Waals surface area contributed by atoms with Crippen LogP contribution in [0.3, 0.4) is 0 Å². The van der Waals surface area contributed by atoms with E-state index in [0.717, 1.165) is 11.3 Å². The number of benzene rings is 1. The number of carbonyl (C=O) groups excluding carboxylic acids is 1. The second-order valence-corrected chi connectivity index (χ2v) is 5.94.